The number of nitrogens with one attached hydrogen (secondary N) is 1. The minimum absolute atomic E-state index is 0.206. The Bertz CT molecular complexity index is 257. The van der Waals surface area contributed by atoms with Gasteiger partial charge in [-0.1, -0.05) is 25.9 Å². The Morgan fingerprint density at radius 2 is 2.15 bits per heavy atom. The van der Waals surface area contributed by atoms with E-state index in [1.807, 2.05) is 0 Å². The van der Waals surface area contributed by atoms with Crippen LogP contribution in [0.3, 0.4) is 0 Å². The summed E-state index contributed by atoms with van der Waals surface area (Å²) in [4.78, 5) is 4.19. The van der Waals surface area contributed by atoms with Gasteiger partial charge in [0, 0.05) is 13.0 Å². The predicted molar refractivity (Wildman–Crippen MR) is 50.3 cm³/mol. The van der Waals surface area contributed by atoms with Crippen LogP contribution in [0.5, 0.6) is 0 Å². The highest BCUT2D eigenvalue weighted by atomic mass is 16.5. The SMILES string of the molecule is CCC(NC(C)C)c1noc(C)n1. The van der Waals surface area contributed by atoms with Crippen LogP contribution < -0.4 is 5.32 Å². The van der Waals surface area contributed by atoms with Crippen LogP contribution in [0.25, 0.3) is 0 Å². The molecule has 1 heterocycles. The number of nitrogens with zero attached hydrogens (tertiary/aromatic N) is 2. The Morgan fingerprint density at radius 3 is 2.54 bits per heavy atom. The summed E-state index contributed by atoms with van der Waals surface area (Å²) < 4.78 is 4.93. The molecular weight excluding hydrogens is 166 g/mol. The van der Waals surface area contributed by atoms with E-state index in [4.69, 9.17) is 4.52 Å². The summed E-state index contributed by atoms with van der Waals surface area (Å²) in [5.74, 6) is 1.38. The fraction of sp³-hybridized carbons (Fsp3) is 0.778. The smallest absolute Gasteiger partial charge is 0.223 e. The molecule has 0 aliphatic heterocycles. The highest BCUT2D eigenvalue weighted by molar-refractivity contribution is 4.93. The van der Waals surface area contributed by atoms with Crippen LogP contribution in [0.4, 0.5) is 0 Å². The van der Waals surface area contributed by atoms with E-state index >= 15 is 0 Å². The molecule has 1 aromatic heterocycles. The standard InChI is InChI=1S/C9H17N3O/c1-5-8(10-6(2)3)9-11-7(4)13-12-9/h6,8,10H,5H2,1-4H3. The van der Waals surface area contributed by atoms with E-state index in [0.717, 1.165) is 12.2 Å². The third-order valence-corrected chi connectivity index (χ3v) is 1.80. The number of rotatable bonds is 4. The molecule has 0 saturated carbocycles. The van der Waals surface area contributed by atoms with E-state index in [0.29, 0.717) is 11.9 Å². The van der Waals surface area contributed by atoms with Crippen molar-refractivity contribution in [3.63, 3.8) is 0 Å². The zero-order chi connectivity index (χ0) is 9.84. The summed E-state index contributed by atoms with van der Waals surface area (Å²) >= 11 is 0. The van der Waals surface area contributed by atoms with Gasteiger partial charge in [0.25, 0.3) is 0 Å². The van der Waals surface area contributed by atoms with Crippen molar-refractivity contribution < 1.29 is 4.52 Å². The summed E-state index contributed by atoms with van der Waals surface area (Å²) in [6, 6.07) is 0.640. The van der Waals surface area contributed by atoms with Gasteiger partial charge in [-0.15, -0.1) is 0 Å². The average molecular weight is 183 g/mol. The van der Waals surface area contributed by atoms with Gasteiger partial charge in [-0.2, -0.15) is 4.98 Å². The molecule has 1 unspecified atom stereocenters. The van der Waals surface area contributed by atoms with Crippen LogP contribution in [0.15, 0.2) is 4.52 Å². The number of hydrogen-bond acceptors (Lipinski definition) is 4. The number of hydrogen-bond donors (Lipinski definition) is 1. The lowest BCUT2D eigenvalue weighted by atomic mass is 10.2. The van der Waals surface area contributed by atoms with E-state index in [2.05, 4.69) is 36.2 Å². The molecule has 0 spiro atoms. The highest BCUT2D eigenvalue weighted by Gasteiger charge is 2.15. The zero-order valence-electron chi connectivity index (χ0n) is 8.66. The normalized spacial score (nSPS) is 13.6. The second-order valence-electron chi connectivity index (χ2n) is 3.45. The first-order valence-corrected chi connectivity index (χ1v) is 4.69. The van der Waals surface area contributed by atoms with Crippen molar-refractivity contribution in [1.29, 1.82) is 0 Å². The molecule has 13 heavy (non-hydrogen) atoms. The fourth-order valence-corrected chi connectivity index (χ4v) is 1.23. The topological polar surface area (TPSA) is 51.0 Å². The van der Waals surface area contributed by atoms with E-state index in [9.17, 15) is 0 Å². The summed E-state index contributed by atoms with van der Waals surface area (Å²) in [6.07, 6.45) is 0.969. The van der Waals surface area contributed by atoms with E-state index < -0.39 is 0 Å². The molecule has 0 aliphatic carbocycles. The molecule has 0 saturated heterocycles. The van der Waals surface area contributed by atoms with Crippen molar-refractivity contribution in [1.82, 2.24) is 15.5 Å². The molecule has 74 valence electrons. The summed E-state index contributed by atoms with van der Waals surface area (Å²) in [5.41, 5.74) is 0. The van der Waals surface area contributed by atoms with Crippen LogP contribution in [-0.2, 0) is 0 Å². The van der Waals surface area contributed by atoms with Gasteiger partial charge in [0.05, 0.1) is 6.04 Å². The van der Waals surface area contributed by atoms with Gasteiger partial charge in [0.1, 0.15) is 0 Å². The zero-order valence-corrected chi connectivity index (χ0v) is 8.66. The lowest BCUT2D eigenvalue weighted by molar-refractivity contribution is 0.369. The fourth-order valence-electron chi connectivity index (χ4n) is 1.23. The van der Waals surface area contributed by atoms with Gasteiger partial charge in [0.15, 0.2) is 5.82 Å². The van der Waals surface area contributed by atoms with Gasteiger partial charge in [-0.25, -0.2) is 0 Å². The van der Waals surface area contributed by atoms with Gasteiger partial charge >= 0.3 is 0 Å². The Labute approximate surface area is 78.7 Å². The van der Waals surface area contributed by atoms with Gasteiger partial charge in [0.2, 0.25) is 5.89 Å². The summed E-state index contributed by atoms with van der Waals surface area (Å²) in [6.45, 7) is 8.12. The molecule has 0 aliphatic rings. The molecule has 1 aromatic rings. The minimum Gasteiger partial charge on any atom is -0.340 e. The van der Waals surface area contributed by atoms with Crippen LogP contribution in [-0.4, -0.2) is 16.2 Å². The van der Waals surface area contributed by atoms with E-state index in [1.54, 1.807) is 6.92 Å². The first-order chi connectivity index (χ1) is 6.13. The third-order valence-electron chi connectivity index (χ3n) is 1.80. The molecule has 0 amide bonds. The van der Waals surface area contributed by atoms with Crippen LogP contribution in [0.1, 0.15) is 44.9 Å². The maximum absolute atomic E-state index is 4.93. The number of aromatic nitrogens is 2. The molecule has 1 N–H and O–H groups in total. The molecule has 4 nitrogen and oxygen atoms in total. The Balaban J connectivity index is 2.66. The van der Waals surface area contributed by atoms with Crippen molar-refractivity contribution in [3.05, 3.63) is 11.7 Å². The quantitative estimate of drug-likeness (QED) is 0.773. The molecule has 0 bridgehead atoms. The second-order valence-corrected chi connectivity index (χ2v) is 3.45. The largest absolute Gasteiger partial charge is 0.340 e. The van der Waals surface area contributed by atoms with Gasteiger partial charge in [-0.05, 0) is 6.42 Å². The monoisotopic (exact) mass is 183 g/mol. The number of aryl methyl sites for hydroxylation is 1. The minimum atomic E-state index is 0.206. The lowest BCUT2D eigenvalue weighted by Crippen LogP contribution is -2.28. The van der Waals surface area contributed by atoms with Crippen LogP contribution in [0, 0.1) is 6.92 Å². The van der Waals surface area contributed by atoms with Crippen molar-refractivity contribution in [2.75, 3.05) is 0 Å². The Kier molecular flexibility index (Phi) is 3.42. The highest BCUT2D eigenvalue weighted by Crippen LogP contribution is 2.13. The van der Waals surface area contributed by atoms with Crippen LogP contribution >= 0.6 is 0 Å². The van der Waals surface area contributed by atoms with E-state index in [-0.39, 0.29) is 6.04 Å². The summed E-state index contributed by atoms with van der Waals surface area (Å²) in [5, 5.41) is 7.27. The molecule has 0 radical (unpaired) electrons. The van der Waals surface area contributed by atoms with Gasteiger partial charge in [-0.3, -0.25) is 0 Å². The first-order valence-electron chi connectivity index (χ1n) is 4.69. The Hall–Kier alpha value is -0.900. The van der Waals surface area contributed by atoms with Crippen molar-refractivity contribution in [3.8, 4) is 0 Å². The molecule has 0 aromatic carbocycles. The van der Waals surface area contributed by atoms with Crippen molar-refractivity contribution in [2.45, 2.75) is 46.2 Å². The maximum Gasteiger partial charge on any atom is 0.223 e. The average Bonchev–Trinajstić information content (AvgIpc) is 2.47. The van der Waals surface area contributed by atoms with E-state index in [1.165, 1.54) is 0 Å². The predicted octanol–water partition coefficient (Wildman–Crippen LogP) is 1.83. The molecule has 0 fully saturated rings. The van der Waals surface area contributed by atoms with Crippen molar-refractivity contribution in [2.24, 2.45) is 0 Å². The summed E-state index contributed by atoms with van der Waals surface area (Å²) in [7, 11) is 0. The molecule has 4 heteroatoms. The lowest BCUT2D eigenvalue weighted by Gasteiger charge is -2.15. The maximum atomic E-state index is 4.93. The van der Waals surface area contributed by atoms with Crippen LogP contribution in [0.2, 0.25) is 0 Å². The van der Waals surface area contributed by atoms with Crippen molar-refractivity contribution >= 4 is 0 Å². The molecule has 1 atom stereocenters. The molecule has 1 rings (SSSR count). The Morgan fingerprint density at radius 1 is 1.46 bits per heavy atom. The second kappa shape index (κ2) is 4.37. The third kappa shape index (κ3) is 2.81. The molecular formula is C9H17N3O. The van der Waals surface area contributed by atoms with Gasteiger partial charge < -0.3 is 9.84 Å². The first kappa shape index (κ1) is 10.2.